The van der Waals surface area contributed by atoms with Gasteiger partial charge in [-0.05, 0) is 78.2 Å². The molecule has 0 radical (unpaired) electrons. The standard InChI is InChI=1S/C24H24BrNO4S/c1-18-10-13-20(14-11-18)26(31(28,29)21-7-4-3-5-8-21)24(27)9-6-16-30-23-15-12-19(2)17-22(23)25/h3-5,7-8,10-15,17H,6,9,16H2,1-2H3. The second-order valence-corrected chi connectivity index (χ2v) is 9.84. The van der Waals surface area contributed by atoms with Crippen molar-refractivity contribution in [2.75, 3.05) is 10.9 Å². The van der Waals surface area contributed by atoms with Gasteiger partial charge in [0.15, 0.2) is 0 Å². The average molecular weight is 502 g/mol. The lowest BCUT2D eigenvalue weighted by Gasteiger charge is -2.23. The summed E-state index contributed by atoms with van der Waals surface area (Å²) in [6, 6.07) is 20.6. The molecule has 0 spiro atoms. The van der Waals surface area contributed by atoms with E-state index >= 15 is 0 Å². The largest absolute Gasteiger partial charge is 0.492 e. The first-order valence-corrected chi connectivity index (χ1v) is 12.1. The van der Waals surface area contributed by atoms with Crippen molar-refractivity contribution >= 4 is 37.5 Å². The van der Waals surface area contributed by atoms with Crippen molar-refractivity contribution in [3.05, 3.63) is 88.4 Å². The fraction of sp³-hybridized carbons (Fsp3) is 0.208. The molecule has 0 saturated heterocycles. The summed E-state index contributed by atoms with van der Waals surface area (Å²) in [6.45, 7) is 4.18. The highest BCUT2D eigenvalue weighted by molar-refractivity contribution is 9.10. The molecular formula is C24H24BrNO4S. The minimum atomic E-state index is -4.03. The molecule has 0 saturated carbocycles. The molecule has 162 valence electrons. The number of ether oxygens (including phenoxy) is 1. The van der Waals surface area contributed by atoms with E-state index in [0.717, 1.165) is 19.9 Å². The molecule has 0 aliphatic rings. The maximum absolute atomic E-state index is 13.3. The van der Waals surface area contributed by atoms with Gasteiger partial charge in [-0.25, -0.2) is 12.7 Å². The predicted octanol–water partition coefficient (Wildman–Crippen LogP) is 5.65. The average Bonchev–Trinajstić information content (AvgIpc) is 2.74. The predicted molar refractivity (Wildman–Crippen MR) is 126 cm³/mol. The van der Waals surface area contributed by atoms with E-state index in [4.69, 9.17) is 4.74 Å². The van der Waals surface area contributed by atoms with Crippen LogP contribution >= 0.6 is 15.9 Å². The van der Waals surface area contributed by atoms with Gasteiger partial charge in [-0.3, -0.25) is 4.79 Å². The van der Waals surface area contributed by atoms with E-state index in [9.17, 15) is 13.2 Å². The number of sulfonamides is 1. The van der Waals surface area contributed by atoms with Crippen molar-refractivity contribution in [1.82, 2.24) is 0 Å². The zero-order chi connectivity index (χ0) is 22.4. The van der Waals surface area contributed by atoms with Gasteiger partial charge in [0.05, 0.1) is 21.7 Å². The number of hydrogen-bond donors (Lipinski definition) is 0. The van der Waals surface area contributed by atoms with Gasteiger partial charge in [0.1, 0.15) is 5.75 Å². The molecular weight excluding hydrogens is 478 g/mol. The number of halogens is 1. The Morgan fingerprint density at radius 2 is 1.58 bits per heavy atom. The number of carbonyl (C=O) groups excluding carboxylic acids is 1. The Hall–Kier alpha value is -2.64. The number of amides is 1. The molecule has 0 bridgehead atoms. The van der Waals surface area contributed by atoms with Gasteiger partial charge < -0.3 is 4.74 Å². The molecule has 0 unspecified atom stereocenters. The smallest absolute Gasteiger partial charge is 0.270 e. The third kappa shape index (κ3) is 5.74. The molecule has 3 aromatic carbocycles. The van der Waals surface area contributed by atoms with Crippen LogP contribution in [0.1, 0.15) is 24.0 Å². The number of aryl methyl sites for hydroxylation is 2. The minimum absolute atomic E-state index is 0.0312. The van der Waals surface area contributed by atoms with E-state index in [1.807, 2.05) is 32.0 Å². The summed E-state index contributed by atoms with van der Waals surface area (Å²) in [4.78, 5) is 13.1. The summed E-state index contributed by atoms with van der Waals surface area (Å²) in [7, 11) is -4.03. The third-order valence-corrected chi connectivity index (χ3v) is 7.04. The Labute approximate surface area is 191 Å². The molecule has 7 heteroatoms. The number of anilines is 1. The molecule has 0 N–H and O–H groups in total. The topological polar surface area (TPSA) is 63.7 Å². The molecule has 31 heavy (non-hydrogen) atoms. The van der Waals surface area contributed by atoms with Crippen LogP contribution in [0.15, 0.2) is 82.2 Å². The van der Waals surface area contributed by atoms with E-state index in [0.29, 0.717) is 24.5 Å². The van der Waals surface area contributed by atoms with Crippen LogP contribution in [0.5, 0.6) is 5.75 Å². The van der Waals surface area contributed by atoms with E-state index in [-0.39, 0.29) is 11.3 Å². The fourth-order valence-corrected chi connectivity index (χ4v) is 5.10. The first kappa shape index (κ1) is 23.0. The zero-order valence-corrected chi connectivity index (χ0v) is 19.8. The van der Waals surface area contributed by atoms with Crippen LogP contribution in [0.3, 0.4) is 0 Å². The Morgan fingerprint density at radius 3 is 2.23 bits per heavy atom. The molecule has 0 atom stereocenters. The monoisotopic (exact) mass is 501 g/mol. The van der Waals surface area contributed by atoms with Crippen molar-refractivity contribution < 1.29 is 17.9 Å². The summed E-state index contributed by atoms with van der Waals surface area (Å²) in [5.41, 5.74) is 2.40. The quantitative estimate of drug-likeness (QED) is 0.374. The Morgan fingerprint density at radius 1 is 0.935 bits per heavy atom. The van der Waals surface area contributed by atoms with Crippen molar-refractivity contribution in [2.24, 2.45) is 0 Å². The van der Waals surface area contributed by atoms with Gasteiger partial charge >= 0.3 is 0 Å². The molecule has 0 heterocycles. The SMILES string of the molecule is Cc1ccc(N(C(=O)CCCOc2ccc(C)cc2Br)S(=O)(=O)c2ccccc2)cc1. The van der Waals surface area contributed by atoms with Gasteiger partial charge in [-0.15, -0.1) is 0 Å². The summed E-state index contributed by atoms with van der Waals surface area (Å²) in [6.07, 6.45) is 0.412. The van der Waals surface area contributed by atoms with E-state index in [1.54, 1.807) is 42.5 Å². The summed E-state index contributed by atoms with van der Waals surface area (Å²) < 4.78 is 34.0. The van der Waals surface area contributed by atoms with Gasteiger partial charge in [-0.1, -0.05) is 42.0 Å². The van der Waals surface area contributed by atoms with Crippen LogP contribution in [0.4, 0.5) is 5.69 Å². The second kappa shape index (κ2) is 10.1. The van der Waals surface area contributed by atoms with E-state index in [1.165, 1.54) is 12.1 Å². The van der Waals surface area contributed by atoms with Crippen LogP contribution in [0.2, 0.25) is 0 Å². The second-order valence-electron chi connectivity index (χ2n) is 7.20. The van der Waals surface area contributed by atoms with Crippen molar-refractivity contribution in [3.8, 4) is 5.75 Å². The maximum Gasteiger partial charge on any atom is 0.270 e. The summed E-state index contributed by atoms with van der Waals surface area (Å²) >= 11 is 3.46. The molecule has 0 aromatic heterocycles. The lowest BCUT2D eigenvalue weighted by Crippen LogP contribution is -2.37. The molecule has 0 aliphatic carbocycles. The molecule has 5 nitrogen and oxygen atoms in total. The van der Waals surface area contributed by atoms with Crippen molar-refractivity contribution in [2.45, 2.75) is 31.6 Å². The van der Waals surface area contributed by atoms with Crippen molar-refractivity contribution in [1.29, 1.82) is 0 Å². The minimum Gasteiger partial charge on any atom is -0.492 e. The number of hydrogen-bond acceptors (Lipinski definition) is 4. The first-order chi connectivity index (χ1) is 14.8. The summed E-state index contributed by atoms with van der Waals surface area (Å²) in [5.74, 6) is 0.185. The van der Waals surface area contributed by atoms with Crippen molar-refractivity contribution in [3.63, 3.8) is 0 Å². The Balaban J connectivity index is 1.76. The van der Waals surface area contributed by atoms with Crippen LogP contribution in [0, 0.1) is 13.8 Å². The first-order valence-electron chi connectivity index (χ1n) is 9.88. The number of benzene rings is 3. The van der Waals surface area contributed by atoms with Crippen LogP contribution < -0.4 is 9.04 Å². The van der Waals surface area contributed by atoms with E-state index in [2.05, 4.69) is 15.9 Å². The number of rotatable bonds is 8. The summed E-state index contributed by atoms with van der Waals surface area (Å²) in [5, 5.41) is 0. The lowest BCUT2D eigenvalue weighted by atomic mass is 10.2. The number of nitrogens with zero attached hydrogens (tertiary/aromatic N) is 1. The van der Waals surface area contributed by atoms with Crippen LogP contribution in [-0.2, 0) is 14.8 Å². The number of carbonyl (C=O) groups is 1. The van der Waals surface area contributed by atoms with Crippen LogP contribution in [0.25, 0.3) is 0 Å². The Kier molecular flexibility index (Phi) is 7.51. The molecule has 1 amide bonds. The Bertz CT molecular complexity index is 1150. The fourth-order valence-electron chi connectivity index (χ4n) is 3.02. The molecule has 3 rings (SSSR count). The van der Waals surface area contributed by atoms with Gasteiger partial charge in [0.25, 0.3) is 10.0 Å². The zero-order valence-electron chi connectivity index (χ0n) is 17.4. The third-order valence-electron chi connectivity index (χ3n) is 4.66. The normalized spacial score (nSPS) is 11.2. The van der Waals surface area contributed by atoms with Crippen LogP contribution in [-0.4, -0.2) is 20.9 Å². The highest BCUT2D eigenvalue weighted by Gasteiger charge is 2.30. The molecule has 0 aliphatic heterocycles. The lowest BCUT2D eigenvalue weighted by molar-refractivity contribution is -0.117. The van der Waals surface area contributed by atoms with Gasteiger partial charge in [0.2, 0.25) is 5.91 Å². The van der Waals surface area contributed by atoms with Gasteiger partial charge in [0, 0.05) is 6.42 Å². The van der Waals surface area contributed by atoms with Gasteiger partial charge in [-0.2, -0.15) is 0 Å². The highest BCUT2D eigenvalue weighted by Crippen LogP contribution is 2.27. The maximum atomic E-state index is 13.3. The van der Waals surface area contributed by atoms with E-state index < -0.39 is 15.9 Å². The highest BCUT2D eigenvalue weighted by atomic mass is 79.9. The molecule has 0 fully saturated rings. The molecule has 3 aromatic rings.